The molecule has 0 bridgehead atoms. The number of carbonyl (C=O) groups is 1. The fourth-order valence-electron chi connectivity index (χ4n) is 2.04. The second kappa shape index (κ2) is 5.34. The summed E-state index contributed by atoms with van der Waals surface area (Å²) in [5, 5.41) is 10.2. The van der Waals surface area contributed by atoms with Crippen molar-refractivity contribution in [1.82, 2.24) is 0 Å². The highest BCUT2D eigenvalue weighted by Crippen LogP contribution is 2.33. The van der Waals surface area contributed by atoms with Gasteiger partial charge in [0.1, 0.15) is 0 Å². The van der Waals surface area contributed by atoms with E-state index in [-0.39, 0.29) is 15.5 Å². The largest absolute Gasteiger partial charge is 0.467 e. The standard InChI is InChI=1S/C14H15NO5S/c1-20-13(16)14(17)8-7-11(15)12(9-14)21(18,19)10-5-3-2-4-6-10/h2-8,17H,9,15H2,1H3. The van der Waals surface area contributed by atoms with E-state index < -0.39 is 27.8 Å². The Bertz CT molecular complexity index is 721. The number of nitrogens with two attached hydrogens (primary N) is 1. The molecule has 1 aliphatic rings. The van der Waals surface area contributed by atoms with Gasteiger partial charge in [0.15, 0.2) is 5.60 Å². The Kier molecular flexibility index (Phi) is 3.89. The summed E-state index contributed by atoms with van der Waals surface area (Å²) in [4.78, 5) is 11.5. The molecule has 1 atom stereocenters. The quantitative estimate of drug-likeness (QED) is 0.787. The molecule has 7 heteroatoms. The fourth-order valence-corrected chi connectivity index (χ4v) is 3.62. The van der Waals surface area contributed by atoms with E-state index in [1.807, 2.05) is 0 Å². The number of aliphatic hydroxyl groups is 1. The van der Waals surface area contributed by atoms with Crippen molar-refractivity contribution in [3.63, 3.8) is 0 Å². The van der Waals surface area contributed by atoms with Crippen molar-refractivity contribution in [2.75, 3.05) is 7.11 Å². The predicted octanol–water partition coefficient (Wildman–Crippen LogP) is 0.495. The number of carbonyl (C=O) groups excluding carboxylic acids is 1. The van der Waals surface area contributed by atoms with Gasteiger partial charge in [-0.1, -0.05) is 18.2 Å². The van der Waals surface area contributed by atoms with Crippen LogP contribution in [0.5, 0.6) is 0 Å². The second-order valence-corrected chi connectivity index (χ2v) is 6.59. The number of sulfone groups is 1. The minimum absolute atomic E-state index is 0.00701. The van der Waals surface area contributed by atoms with Crippen molar-refractivity contribution in [1.29, 1.82) is 0 Å². The molecule has 1 aliphatic carbocycles. The number of ether oxygens (including phenoxy) is 1. The van der Waals surface area contributed by atoms with E-state index in [0.29, 0.717) is 0 Å². The Balaban J connectivity index is 2.49. The predicted molar refractivity (Wildman–Crippen MR) is 75.6 cm³/mol. The summed E-state index contributed by atoms with van der Waals surface area (Å²) in [5.74, 6) is -0.938. The van der Waals surface area contributed by atoms with Gasteiger partial charge in [0, 0.05) is 12.1 Å². The summed E-state index contributed by atoms with van der Waals surface area (Å²) in [6.45, 7) is 0. The average Bonchev–Trinajstić information content (AvgIpc) is 2.49. The minimum Gasteiger partial charge on any atom is -0.467 e. The summed E-state index contributed by atoms with van der Waals surface area (Å²) >= 11 is 0. The topological polar surface area (TPSA) is 107 Å². The van der Waals surface area contributed by atoms with E-state index in [2.05, 4.69) is 4.74 Å². The third kappa shape index (κ3) is 2.70. The van der Waals surface area contributed by atoms with Crippen molar-refractivity contribution in [2.24, 2.45) is 5.73 Å². The third-order valence-corrected chi connectivity index (χ3v) is 5.13. The summed E-state index contributed by atoms with van der Waals surface area (Å²) in [6, 6.07) is 7.68. The van der Waals surface area contributed by atoms with Crippen LogP contribution in [-0.2, 0) is 19.4 Å². The van der Waals surface area contributed by atoms with Crippen LogP contribution in [-0.4, -0.2) is 32.2 Å². The molecule has 0 spiro atoms. The van der Waals surface area contributed by atoms with Crippen molar-refractivity contribution in [3.8, 4) is 0 Å². The lowest BCUT2D eigenvalue weighted by molar-refractivity contribution is -0.157. The molecule has 3 N–H and O–H groups in total. The average molecular weight is 309 g/mol. The van der Waals surface area contributed by atoms with Crippen molar-refractivity contribution < 1.29 is 23.1 Å². The molecule has 0 radical (unpaired) electrons. The van der Waals surface area contributed by atoms with Crippen molar-refractivity contribution in [3.05, 3.63) is 53.1 Å². The molecule has 0 fully saturated rings. The molecule has 0 saturated carbocycles. The smallest absolute Gasteiger partial charge is 0.342 e. The van der Waals surface area contributed by atoms with Crippen LogP contribution in [0.25, 0.3) is 0 Å². The number of hydrogen-bond donors (Lipinski definition) is 2. The number of rotatable bonds is 3. The number of esters is 1. The van der Waals surface area contributed by atoms with Crippen molar-refractivity contribution in [2.45, 2.75) is 16.9 Å². The van der Waals surface area contributed by atoms with Gasteiger partial charge < -0.3 is 15.6 Å². The van der Waals surface area contributed by atoms with Crippen LogP contribution in [0.1, 0.15) is 6.42 Å². The Labute approximate surface area is 122 Å². The zero-order valence-electron chi connectivity index (χ0n) is 11.3. The molecule has 0 heterocycles. The molecule has 0 amide bonds. The van der Waals surface area contributed by atoms with E-state index in [0.717, 1.165) is 13.2 Å². The summed E-state index contributed by atoms with van der Waals surface area (Å²) < 4.78 is 29.6. The molecule has 21 heavy (non-hydrogen) atoms. The minimum atomic E-state index is -3.89. The Morgan fingerprint density at radius 1 is 1.33 bits per heavy atom. The van der Waals surface area contributed by atoms with E-state index in [9.17, 15) is 18.3 Å². The molecule has 1 unspecified atom stereocenters. The molecule has 0 saturated heterocycles. The Morgan fingerprint density at radius 2 is 1.95 bits per heavy atom. The van der Waals surface area contributed by atoms with Gasteiger partial charge in [-0.3, -0.25) is 0 Å². The molecule has 0 aromatic heterocycles. The first-order valence-electron chi connectivity index (χ1n) is 6.10. The summed E-state index contributed by atoms with van der Waals surface area (Å²) in [6.07, 6.45) is 1.88. The first-order chi connectivity index (χ1) is 9.81. The maximum atomic E-state index is 12.6. The third-order valence-electron chi connectivity index (χ3n) is 3.21. The number of hydrogen-bond acceptors (Lipinski definition) is 6. The molecule has 2 rings (SSSR count). The van der Waals surface area contributed by atoms with Crippen LogP contribution in [0.15, 0.2) is 58.0 Å². The molecule has 0 aliphatic heterocycles. The van der Waals surface area contributed by atoms with Crippen LogP contribution in [0, 0.1) is 0 Å². The molecule has 6 nitrogen and oxygen atoms in total. The van der Waals surface area contributed by atoms with Crippen LogP contribution >= 0.6 is 0 Å². The second-order valence-electron chi connectivity index (χ2n) is 4.62. The summed E-state index contributed by atoms with van der Waals surface area (Å²) in [7, 11) is -2.78. The first-order valence-corrected chi connectivity index (χ1v) is 7.58. The molecular formula is C14H15NO5S. The van der Waals surface area contributed by atoms with Gasteiger partial charge in [-0.25, -0.2) is 13.2 Å². The van der Waals surface area contributed by atoms with E-state index >= 15 is 0 Å². The highest BCUT2D eigenvalue weighted by atomic mass is 32.2. The fraction of sp³-hybridized carbons (Fsp3) is 0.214. The van der Waals surface area contributed by atoms with Gasteiger partial charge in [-0.05, 0) is 24.3 Å². The molecule has 112 valence electrons. The van der Waals surface area contributed by atoms with Crippen molar-refractivity contribution >= 4 is 15.8 Å². The number of allylic oxidation sites excluding steroid dienone is 1. The van der Waals surface area contributed by atoms with Gasteiger partial charge in [0.25, 0.3) is 0 Å². The van der Waals surface area contributed by atoms with Gasteiger partial charge in [-0.15, -0.1) is 0 Å². The molecule has 1 aromatic carbocycles. The Morgan fingerprint density at radius 3 is 2.52 bits per heavy atom. The lowest BCUT2D eigenvalue weighted by Gasteiger charge is -2.26. The van der Waals surface area contributed by atoms with Gasteiger partial charge in [0.05, 0.1) is 16.9 Å². The zero-order chi connectivity index (χ0) is 15.7. The van der Waals surface area contributed by atoms with Crippen LogP contribution in [0.4, 0.5) is 0 Å². The monoisotopic (exact) mass is 309 g/mol. The molecule has 1 aromatic rings. The lowest BCUT2D eigenvalue weighted by atomic mass is 9.94. The van der Waals surface area contributed by atoms with Gasteiger partial charge in [0.2, 0.25) is 9.84 Å². The van der Waals surface area contributed by atoms with Crippen LogP contribution in [0.2, 0.25) is 0 Å². The zero-order valence-corrected chi connectivity index (χ0v) is 12.1. The first kappa shape index (κ1) is 15.3. The highest BCUT2D eigenvalue weighted by Gasteiger charge is 2.41. The van der Waals surface area contributed by atoms with E-state index in [1.54, 1.807) is 18.2 Å². The maximum Gasteiger partial charge on any atom is 0.342 e. The number of methoxy groups -OCH3 is 1. The SMILES string of the molecule is COC(=O)C1(O)C=CC(N)=C(S(=O)(=O)c2ccccc2)C1. The molecular weight excluding hydrogens is 294 g/mol. The Hall–Kier alpha value is -2.12. The maximum absolute atomic E-state index is 12.6. The van der Waals surface area contributed by atoms with E-state index in [1.165, 1.54) is 18.2 Å². The van der Waals surface area contributed by atoms with Crippen LogP contribution in [0.3, 0.4) is 0 Å². The van der Waals surface area contributed by atoms with E-state index in [4.69, 9.17) is 5.73 Å². The normalized spacial score (nSPS) is 22.2. The highest BCUT2D eigenvalue weighted by molar-refractivity contribution is 7.95. The van der Waals surface area contributed by atoms with Gasteiger partial charge in [-0.2, -0.15) is 0 Å². The lowest BCUT2D eigenvalue weighted by Crippen LogP contribution is -2.41. The number of benzene rings is 1. The van der Waals surface area contributed by atoms with Crippen LogP contribution < -0.4 is 5.73 Å². The van der Waals surface area contributed by atoms with Gasteiger partial charge >= 0.3 is 5.97 Å². The summed E-state index contributed by atoms with van der Waals surface area (Å²) in [5.41, 5.74) is 3.68.